The van der Waals surface area contributed by atoms with Crippen molar-refractivity contribution in [2.45, 2.75) is 12.3 Å². The minimum absolute atomic E-state index is 0.0666. The second-order valence-electron chi connectivity index (χ2n) is 4.43. The molecule has 96 valence electrons. The molecule has 0 spiro atoms. The summed E-state index contributed by atoms with van der Waals surface area (Å²) in [5.74, 6) is -0.725. The summed E-state index contributed by atoms with van der Waals surface area (Å²) in [5.41, 5.74) is 0.832. The van der Waals surface area contributed by atoms with Crippen LogP contribution in [0.1, 0.15) is 17.9 Å². The lowest BCUT2D eigenvalue weighted by Gasteiger charge is -2.27. The van der Waals surface area contributed by atoms with Gasteiger partial charge in [-0.15, -0.1) is 0 Å². The van der Waals surface area contributed by atoms with E-state index in [1.54, 1.807) is 0 Å². The van der Waals surface area contributed by atoms with Gasteiger partial charge in [0.05, 0.1) is 25.0 Å². The van der Waals surface area contributed by atoms with Crippen LogP contribution in [0.4, 0.5) is 0 Å². The number of nitrogens with zero attached hydrogens (tertiary/aromatic N) is 1. The summed E-state index contributed by atoms with van der Waals surface area (Å²) in [6.07, 6.45) is 0.353. The molecular weight excluding hydrogens is 234 g/mol. The van der Waals surface area contributed by atoms with Crippen LogP contribution in [0.25, 0.3) is 0 Å². The maximum atomic E-state index is 11.9. The summed E-state index contributed by atoms with van der Waals surface area (Å²) in [6, 6.07) is 9.17. The Morgan fingerprint density at radius 2 is 2.11 bits per heavy atom. The normalized spacial score (nSPS) is 21.6. The molecule has 0 amide bonds. The quantitative estimate of drug-likeness (QED) is 0.601. The molecule has 0 unspecified atom stereocenters. The topological polar surface area (TPSA) is 69.4 Å². The van der Waals surface area contributed by atoms with Crippen LogP contribution in [-0.4, -0.2) is 30.5 Å². The SMILES string of the molecule is O=C1CCOC[C@H]1[C@@H](C[N+](=O)[O-])c1ccccc1. The van der Waals surface area contributed by atoms with Crippen LogP contribution in [-0.2, 0) is 9.53 Å². The third-order valence-electron chi connectivity index (χ3n) is 3.26. The zero-order chi connectivity index (χ0) is 13.0. The molecule has 0 bridgehead atoms. The Morgan fingerprint density at radius 3 is 2.72 bits per heavy atom. The van der Waals surface area contributed by atoms with Gasteiger partial charge in [-0.3, -0.25) is 14.9 Å². The molecular formula is C13H15NO4. The highest BCUT2D eigenvalue weighted by molar-refractivity contribution is 5.82. The Labute approximate surface area is 105 Å². The first-order chi connectivity index (χ1) is 8.68. The maximum Gasteiger partial charge on any atom is 0.211 e. The maximum absolute atomic E-state index is 11.9. The lowest BCUT2D eigenvalue weighted by molar-refractivity contribution is -0.484. The minimum atomic E-state index is -0.397. The van der Waals surface area contributed by atoms with Crippen molar-refractivity contribution in [2.24, 2.45) is 5.92 Å². The smallest absolute Gasteiger partial charge is 0.211 e. The van der Waals surface area contributed by atoms with E-state index < -0.39 is 11.8 Å². The number of hydrogen-bond acceptors (Lipinski definition) is 4. The van der Waals surface area contributed by atoms with E-state index in [-0.39, 0.29) is 23.9 Å². The number of carbonyl (C=O) groups is 1. The fourth-order valence-corrected chi connectivity index (χ4v) is 2.33. The van der Waals surface area contributed by atoms with Gasteiger partial charge < -0.3 is 4.74 Å². The van der Waals surface area contributed by atoms with Crippen molar-refractivity contribution >= 4 is 5.78 Å². The van der Waals surface area contributed by atoms with E-state index in [0.717, 1.165) is 5.56 Å². The first-order valence-electron chi connectivity index (χ1n) is 5.95. The predicted octanol–water partition coefficient (Wildman–Crippen LogP) is 1.65. The van der Waals surface area contributed by atoms with Crippen molar-refractivity contribution < 1.29 is 14.5 Å². The van der Waals surface area contributed by atoms with Crippen LogP contribution in [0, 0.1) is 16.0 Å². The van der Waals surface area contributed by atoms with Crippen LogP contribution in [0.3, 0.4) is 0 Å². The molecule has 5 nitrogen and oxygen atoms in total. The fraction of sp³-hybridized carbons (Fsp3) is 0.462. The number of ether oxygens (including phenoxy) is 1. The van der Waals surface area contributed by atoms with Crippen LogP contribution in [0.15, 0.2) is 30.3 Å². The van der Waals surface area contributed by atoms with E-state index in [1.807, 2.05) is 30.3 Å². The summed E-state index contributed by atoms with van der Waals surface area (Å²) in [5, 5.41) is 10.8. The van der Waals surface area contributed by atoms with E-state index in [2.05, 4.69) is 0 Å². The van der Waals surface area contributed by atoms with Crippen molar-refractivity contribution in [3.05, 3.63) is 46.0 Å². The molecule has 1 aromatic rings. The number of ketones is 1. The molecule has 1 aliphatic heterocycles. The Kier molecular flexibility index (Phi) is 4.04. The van der Waals surface area contributed by atoms with Gasteiger partial charge in [0.25, 0.3) is 0 Å². The van der Waals surface area contributed by atoms with Crippen molar-refractivity contribution in [3.8, 4) is 0 Å². The van der Waals surface area contributed by atoms with E-state index in [9.17, 15) is 14.9 Å². The van der Waals surface area contributed by atoms with Gasteiger partial charge in [0, 0.05) is 11.3 Å². The van der Waals surface area contributed by atoms with Gasteiger partial charge in [0.15, 0.2) is 0 Å². The number of benzene rings is 1. The molecule has 2 atom stereocenters. The van der Waals surface area contributed by atoms with E-state index in [1.165, 1.54) is 0 Å². The Balaban J connectivity index is 2.24. The van der Waals surface area contributed by atoms with Gasteiger partial charge in [-0.2, -0.15) is 0 Å². The van der Waals surface area contributed by atoms with Crippen molar-refractivity contribution in [1.29, 1.82) is 0 Å². The van der Waals surface area contributed by atoms with E-state index in [0.29, 0.717) is 13.0 Å². The third kappa shape index (κ3) is 2.92. The lowest BCUT2D eigenvalue weighted by atomic mass is 9.82. The third-order valence-corrected chi connectivity index (χ3v) is 3.26. The van der Waals surface area contributed by atoms with Crippen molar-refractivity contribution in [2.75, 3.05) is 19.8 Å². The Bertz CT molecular complexity index is 432. The highest BCUT2D eigenvalue weighted by atomic mass is 16.6. The summed E-state index contributed by atoms with van der Waals surface area (Å²) >= 11 is 0. The van der Waals surface area contributed by atoms with Gasteiger partial charge in [0.2, 0.25) is 6.54 Å². The fourth-order valence-electron chi connectivity index (χ4n) is 2.33. The molecule has 5 heteroatoms. The monoisotopic (exact) mass is 249 g/mol. The molecule has 0 radical (unpaired) electrons. The molecule has 1 heterocycles. The molecule has 0 aliphatic carbocycles. The molecule has 1 fully saturated rings. The minimum Gasteiger partial charge on any atom is -0.380 e. The number of Topliss-reactive ketones (excluding diaryl/α,β-unsaturated/α-hetero) is 1. The first-order valence-corrected chi connectivity index (χ1v) is 5.95. The highest BCUT2D eigenvalue weighted by Crippen LogP contribution is 2.29. The molecule has 2 rings (SSSR count). The van der Waals surface area contributed by atoms with Gasteiger partial charge in [0.1, 0.15) is 5.78 Å². The largest absolute Gasteiger partial charge is 0.380 e. The standard InChI is InChI=1S/C13H15NO4/c15-13-6-7-18-9-12(13)11(8-14(16)17)10-4-2-1-3-5-10/h1-5,11-12H,6-9H2/t11-,12-/m0/s1. The van der Waals surface area contributed by atoms with Gasteiger partial charge in [-0.05, 0) is 5.56 Å². The lowest BCUT2D eigenvalue weighted by Crippen LogP contribution is -2.35. The van der Waals surface area contributed by atoms with Crippen molar-refractivity contribution in [3.63, 3.8) is 0 Å². The molecule has 0 saturated carbocycles. The molecule has 1 saturated heterocycles. The predicted molar refractivity (Wildman–Crippen MR) is 65.0 cm³/mol. The molecule has 18 heavy (non-hydrogen) atoms. The number of rotatable bonds is 4. The van der Waals surface area contributed by atoms with E-state index in [4.69, 9.17) is 4.74 Å². The average Bonchev–Trinajstić information content (AvgIpc) is 2.38. The molecule has 0 N–H and O–H groups in total. The Morgan fingerprint density at radius 1 is 1.39 bits per heavy atom. The summed E-state index contributed by atoms with van der Waals surface area (Å²) < 4.78 is 5.29. The van der Waals surface area contributed by atoms with Crippen LogP contribution in [0.2, 0.25) is 0 Å². The average molecular weight is 249 g/mol. The second-order valence-corrected chi connectivity index (χ2v) is 4.43. The summed E-state index contributed by atoms with van der Waals surface area (Å²) in [6.45, 7) is 0.478. The van der Waals surface area contributed by atoms with E-state index >= 15 is 0 Å². The van der Waals surface area contributed by atoms with Crippen molar-refractivity contribution in [1.82, 2.24) is 0 Å². The summed E-state index contributed by atoms with van der Waals surface area (Å²) in [7, 11) is 0. The van der Waals surface area contributed by atoms with Gasteiger partial charge >= 0.3 is 0 Å². The molecule has 0 aromatic heterocycles. The van der Waals surface area contributed by atoms with Crippen LogP contribution < -0.4 is 0 Å². The summed E-state index contributed by atoms with van der Waals surface area (Å²) in [4.78, 5) is 22.3. The first kappa shape index (κ1) is 12.7. The number of nitro groups is 1. The number of hydrogen-bond donors (Lipinski definition) is 0. The highest BCUT2D eigenvalue weighted by Gasteiger charge is 2.35. The van der Waals surface area contributed by atoms with Crippen LogP contribution in [0.5, 0.6) is 0 Å². The second kappa shape index (κ2) is 5.73. The zero-order valence-corrected chi connectivity index (χ0v) is 9.95. The number of carbonyl (C=O) groups excluding carboxylic acids is 1. The van der Waals surface area contributed by atoms with Gasteiger partial charge in [-0.25, -0.2) is 0 Å². The Hall–Kier alpha value is -1.75. The molecule has 1 aliphatic rings. The van der Waals surface area contributed by atoms with Crippen LogP contribution >= 0.6 is 0 Å². The molecule has 1 aromatic carbocycles. The van der Waals surface area contributed by atoms with Gasteiger partial charge in [-0.1, -0.05) is 30.3 Å². The zero-order valence-electron chi connectivity index (χ0n) is 9.95.